The number of hydrogen-bond donors (Lipinski definition) is 1. The van der Waals surface area contributed by atoms with Crippen LogP contribution >= 0.6 is 15.9 Å². The van der Waals surface area contributed by atoms with Gasteiger partial charge in [0.15, 0.2) is 10.5 Å². The smallest absolute Gasteiger partial charge is 0.189 e. The lowest BCUT2D eigenvalue weighted by Crippen LogP contribution is -1.97. The average Bonchev–Trinajstić information content (AvgIpc) is 2.76. The molecule has 0 atom stereocenters. The van der Waals surface area contributed by atoms with Gasteiger partial charge >= 0.3 is 0 Å². The number of allylic oxidation sites excluding steroid dienone is 1. The summed E-state index contributed by atoms with van der Waals surface area (Å²) in [7, 11) is 0. The molecule has 98 valence electrons. The molecule has 0 bridgehead atoms. The Balaban J connectivity index is 2.28. The molecular weight excluding hydrogens is 308 g/mol. The second kappa shape index (κ2) is 5.45. The van der Waals surface area contributed by atoms with Gasteiger partial charge in [-0.2, -0.15) is 0 Å². The summed E-state index contributed by atoms with van der Waals surface area (Å²) < 4.78 is 5.87. The van der Waals surface area contributed by atoms with Crippen molar-refractivity contribution in [2.75, 3.05) is 0 Å². The normalized spacial score (nSPS) is 11.1. The van der Waals surface area contributed by atoms with Crippen LogP contribution in [0.15, 0.2) is 39.4 Å². The van der Waals surface area contributed by atoms with E-state index in [1.165, 1.54) is 6.08 Å². The van der Waals surface area contributed by atoms with Gasteiger partial charge in [0.25, 0.3) is 0 Å². The van der Waals surface area contributed by atoms with E-state index in [0.29, 0.717) is 21.6 Å². The van der Waals surface area contributed by atoms with Gasteiger partial charge in [0.05, 0.1) is 5.56 Å². The second-order valence-corrected chi connectivity index (χ2v) is 5.10. The third kappa shape index (κ3) is 3.15. The third-order valence-electron chi connectivity index (χ3n) is 2.70. The molecule has 0 aliphatic heterocycles. The molecule has 0 saturated carbocycles. The van der Waals surface area contributed by atoms with Crippen molar-refractivity contribution in [1.29, 1.82) is 0 Å². The van der Waals surface area contributed by atoms with Gasteiger partial charge in [-0.1, -0.05) is 6.07 Å². The molecular formula is C15H13BrO3. The molecule has 0 saturated heterocycles. The monoisotopic (exact) mass is 320 g/mol. The molecule has 1 N–H and O–H groups in total. The zero-order valence-electron chi connectivity index (χ0n) is 10.6. The van der Waals surface area contributed by atoms with Gasteiger partial charge < -0.3 is 9.52 Å². The Kier molecular flexibility index (Phi) is 3.90. The lowest BCUT2D eigenvalue weighted by atomic mass is 10.0. The largest absolute Gasteiger partial charge is 0.507 e. The predicted octanol–water partition coefficient (Wildman–Crippen LogP) is 4.26. The first-order valence-corrected chi connectivity index (χ1v) is 6.54. The first-order valence-electron chi connectivity index (χ1n) is 5.75. The summed E-state index contributed by atoms with van der Waals surface area (Å²) in [5.74, 6) is 0.349. The summed E-state index contributed by atoms with van der Waals surface area (Å²) in [6, 6.07) is 7.00. The van der Waals surface area contributed by atoms with E-state index in [2.05, 4.69) is 15.9 Å². The topological polar surface area (TPSA) is 50.4 Å². The fourth-order valence-electron chi connectivity index (χ4n) is 1.81. The van der Waals surface area contributed by atoms with Crippen LogP contribution in [-0.4, -0.2) is 10.9 Å². The maximum absolute atomic E-state index is 12.0. The molecule has 4 heteroatoms. The number of rotatable bonds is 3. The van der Waals surface area contributed by atoms with Crippen molar-refractivity contribution in [3.63, 3.8) is 0 Å². The molecule has 2 aromatic rings. The lowest BCUT2D eigenvalue weighted by Gasteiger charge is -2.05. The molecule has 0 fully saturated rings. The minimum absolute atomic E-state index is 0.0286. The highest BCUT2D eigenvalue weighted by atomic mass is 79.9. The standard InChI is InChI=1S/C15H13BrO3/c1-9-7-10(2)15(18)12(8-9)13(17)5-3-11-4-6-14(16)19-11/h3-8,18H,1-2H3. The highest BCUT2D eigenvalue weighted by Gasteiger charge is 2.11. The van der Waals surface area contributed by atoms with E-state index in [-0.39, 0.29) is 11.5 Å². The number of phenolic OH excluding ortho intramolecular Hbond substituents is 1. The third-order valence-corrected chi connectivity index (χ3v) is 3.13. The summed E-state index contributed by atoms with van der Waals surface area (Å²) in [6.45, 7) is 3.66. The van der Waals surface area contributed by atoms with E-state index in [0.717, 1.165) is 5.56 Å². The molecule has 0 aliphatic carbocycles. The highest BCUT2D eigenvalue weighted by Crippen LogP contribution is 2.25. The Morgan fingerprint density at radius 3 is 2.68 bits per heavy atom. The molecule has 0 spiro atoms. The van der Waals surface area contributed by atoms with Crippen LogP contribution in [0.1, 0.15) is 27.2 Å². The van der Waals surface area contributed by atoms with Crippen LogP contribution < -0.4 is 0 Å². The number of aromatic hydroxyl groups is 1. The molecule has 0 amide bonds. The Hall–Kier alpha value is -1.81. The minimum Gasteiger partial charge on any atom is -0.507 e. The zero-order chi connectivity index (χ0) is 14.0. The summed E-state index contributed by atoms with van der Waals surface area (Å²) >= 11 is 3.19. The number of aryl methyl sites for hydroxylation is 2. The van der Waals surface area contributed by atoms with E-state index < -0.39 is 0 Å². The SMILES string of the molecule is Cc1cc(C)c(O)c(C(=O)C=Cc2ccc(Br)o2)c1. The van der Waals surface area contributed by atoms with Gasteiger partial charge in [0, 0.05) is 0 Å². The van der Waals surface area contributed by atoms with Gasteiger partial charge in [-0.15, -0.1) is 0 Å². The van der Waals surface area contributed by atoms with Crippen molar-refractivity contribution in [3.8, 4) is 5.75 Å². The van der Waals surface area contributed by atoms with Crippen LogP contribution in [0.3, 0.4) is 0 Å². The maximum Gasteiger partial charge on any atom is 0.189 e. The summed E-state index contributed by atoms with van der Waals surface area (Å²) in [6.07, 6.45) is 2.96. The molecule has 19 heavy (non-hydrogen) atoms. The van der Waals surface area contributed by atoms with Crippen molar-refractivity contribution in [1.82, 2.24) is 0 Å². The fourth-order valence-corrected chi connectivity index (χ4v) is 2.13. The average molecular weight is 321 g/mol. The predicted molar refractivity (Wildman–Crippen MR) is 77.4 cm³/mol. The number of carbonyl (C=O) groups is 1. The van der Waals surface area contributed by atoms with Crippen molar-refractivity contribution in [3.05, 3.63) is 57.5 Å². The first-order chi connectivity index (χ1) is 8.97. The Morgan fingerprint density at radius 1 is 1.32 bits per heavy atom. The van der Waals surface area contributed by atoms with Gasteiger partial charge in [-0.3, -0.25) is 4.79 Å². The van der Waals surface area contributed by atoms with Crippen molar-refractivity contribution < 1.29 is 14.3 Å². The van der Waals surface area contributed by atoms with Crippen molar-refractivity contribution >= 4 is 27.8 Å². The number of benzene rings is 1. The van der Waals surface area contributed by atoms with E-state index >= 15 is 0 Å². The van der Waals surface area contributed by atoms with Crippen molar-refractivity contribution in [2.45, 2.75) is 13.8 Å². The van der Waals surface area contributed by atoms with Crippen LogP contribution in [0.2, 0.25) is 0 Å². The number of phenols is 1. The van der Waals surface area contributed by atoms with Crippen molar-refractivity contribution in [2.24, 2.45) is 0 Å². The number of ketones is 1. The van der Waals surface area contributed by atoms with E-state index in [9.17, 15) is 9.90 Å². The second-order valence-electron chi connectivity index (χ2n) is 4.32. The summed E-state index contributed by atoms with van der Waals surface area (Å²) in [5.41, 5.74) is 1.93. The maximum atomic E-state index is 12.0. The van der Waals surface area contributed by atoms with E-state index in [1.807, 2.05) is 13.0 Å². The molecule has 3 nitrogen and oxygen atoms in total. The zero-order valence-corrected chi connectivity index (χ0v) is 12.2. The van der Waals surface area contributed by atoms with Crippen LogP contribution in [0.5, 0.6) is 5.75 Å². The van der Waals surface area contributed by atoms with Gasteiger partial charge in [-0.25, -0.2) is 0 Å². The number of hydrogen-bond acceptors (Lipinski definition) is 3. The van der Waals surface area contributed by atoms with Crippen LogP contribution in [-0.2, 0) is 0 Å². The number of carbonyl (C=O) groups excluding carboxylic acids is 1. The molecule has 1 heterocycles. The van der Waals surface area contributed by atoms with E-state index in [4.69, 9.17) is 4.42 Å². The van der Waals surface area contributed by atoms with Gasteiger partial charge in [0.1, 0.15) is 11.5 Å². The Bertz CT molecular complexity index is 653. The molecule has 0 radical (unpaired) electrons. The Morgan fingerprint density at radius 2 is 2.05 bits per heavy atom. The van der Waals surface area contributed by atoms with Crippen LogP contribution in [0.25, 0.3) is 6.08 Å². The summed E-state index contributed by atoms with van der Waals surface area (Å²) in [4.78, 5) is 12.0. The van der Waals surface area contributed by atoms with Gasteiger partial charge in [0.2, 0.25) is 0 Å². The quantitative estimate of drug-likeness (QED) is 0.679. The minimum atomic E-state index is -0.253. The number of furan rings is 1. The molecule has 0 aliphatic rings. The fraction of sp³-hybridized carbons (Fsp3) is 0.133. The first kappa shape index (κ1) is 13.6. The Labute approximate surface area is 119 Å². The molecule has 2 rings (SSSR count). The number of halogens is 1. The van der Waals surface area contributed by atoms with Gasteiger partial charge in [-0.05, 0) is 71.3 Å². The molecule has 0 unspecified atom stereocenters. The highest BCUT2D eigenvalue weighted by molar-refractivity contribution is 9.10. The molecule has 1 aromatic carbocycles. The lowest BCUT2D eigenvalue weighted by molar-refractivity contribution is 0.104. The summed E-state index contributed by atoms with van der Waals surface area (Å²) in [5, 5.41) is 9.91. The van der Waals surface area contributed by atoms with Crippen LogP contribution in [0.4, 0.5) is 0 Å². The van der Waals surface area contributed by atoms with E-state index in [1.54, 1.807) is 31.2 Å². The van der Waals surface area contributed by atoms with Crippen LogP contribution in [0, 0.1) is 13.8 Å². The molecule has 1 aromatic heterocycles.